The van der Waals surface area contributed by atoms with E-state index < -0.39 is 5.54 Å². The van der Waals surface area contributed by atoms with Crippen molar-refractivity contribution < 1.29 is 4.79 Å². The Kier molecular flexibility index (Phi) is 4.88. The molecule has 2 aromatic rings. The van der Waals surface area contributed by atoms with E-state index in [0.29, 0.717) is 27.3 Å². The fourth-order valence-electron chi connectivity index (χ4n) is 1.56. The van der Waals surface area contributed by atoms with Crippen LogP contribution in [0.15, 0.2) is 23.6 Å². The minimum Gasteiger partial charge on any atom is -0.345 e. The molecule has 1 aromatic carbocycles. The van der Waals surface area contributed by atoms with E-state index in [2.05, 4.69) is 10.3 Å². The van der Waals surface area contributed by atoms with Gasteiger partial charge in [-0.15, -0.1) is 11.3 Å². The molecule has 0 atom stereocenters. The van der Waals surface area contributed by atoms with Crippen LogP contribution in [0.5, 0.6) is 0 Å². The van der Waals surface area contributed by atoms with Crippen LogP contribution in [-0.4, -0.2) is 23.0 Å². The molecule has 1 heterocycles. The number of halogens is 2. The molecular formula is C14H15Cl2N3OS. The maximum Gasteiger partial charge on any atom is 0.271 e. The molecule has 0 bridgehead atoms. The average Bonchev–Trinajstić information content (AvgIpc) is 2.91. The molecule has 0 aliphatic heterocycles. The fraction of sp³-hybridized carbons (Fsp3) is 0.286. The molecule has 0 saturated carbocycles. The molecular weight excluding hydrogens is 329 g/mol. The second-order valence-electron chi connectivity index (χ2n) is 5.21. The lowest BCUT2D eigenvalue weighted by molar-refractivity contribution is 0.0911. The van der Waals surface area contributed by atoms with Crippen molar-refractivity contribution in [3.05, 3.63) is 39.3 Å². The lowest BCUT2D eigenvalue weighted by Gasteiger charge is -2.23. The number of nitrogens with zero attached hydrogens (tertiary/aromatic N) is 1. The Morgan fingerprint density at radius 2 is 2.10 bits per heavy atom. The number of hydrogen-bond donors (Lipinski definition) is 2. The van der Waals surface area contributed by atoms with E-state index in [1.54, 1.807) is 17.5 Å². The zero-order valence-corrected chi connectivity index (χ0v) is 13.9. The Morgan fingerprint density at radius 1 is 1.38 bits per heavy atom. The highest BCUT2D eigenvalue weighted by molar-refractivity contribution is 7.13. The predicted octanol–water partition coefficient (Wildman–Crippen LogP) is 3.58. The lowest BCUT2D eigenvalue weighted by Crippen LogP contribution is -2.48. The average molecular weight is 344 g/mol. The minimum absolute atomic E-state index is 0.243. The van der Waals surface area contributed by atoms with E-state index in [4.69, 9.17) is 28.9 Å². The van der Waals surface area contributed by atoms with E-state index in [0.717, 1.165) is 5.56 Å². The van der Waals surface area contributed by atoms with Gasteiger partial charge in [-0.25, -0.2) is 4.98 Å². The van der Waals surface area contributed by atoms with Gasteiger partial charge in [0, 0.05) is 23.0 Å². The predicted molar refractivity (Wildman–Crippen MR) is 88.2 cm³/mol. The van der Waals surface area contributed by atoms with E-state index in [1.165, 1.54) is 11.3 Å². The van der Waals surface area contributed by atoms with Crippen molar-refractivity contribution in [3.63, 3.8) is 0 Å². The van der Waals surface area contributed by atoms with Crippen molar-refractivity contribution >= 4 is 40.4 Å². The number of rotatable bonds is 4. The van der Waals surface area contributed by atoms with Gasteiger partial charge in [-0.05, 0) is 26.0 Å². The molecule has 7 heteroatoms. The monoisotopic (exact) mass is 343 g/mol. The molecule has 0 aliphatic carbocycles. The largest absolute Gasteiger partial charge is 0.345 e. The molecule has 2 rings (SSSR count). The first kappa shape index (κ1) is 16.2. The summed E-state index contributed by atoms with van der Waals surface area (Å²) in [5.41, 5.74) is 6.32. The third-order valence-electron chi connectivity index (χ3n) is 2.87. The van der Waals surface area contributed by atoms with Crippen LogP contribution in [-0.2, 0) is 0 Å². The zero-order valence-electron chi connectivity index (χ0n) is 11.6. The zero-order chi connectivity index (χ0) is 15.6. The number of benzene rings is 1. The van der Waals surface area contributed by atoms with Gasteiger partial charge in [-0.1, -0.05) is 29.3 Å². The van der Waals surface area contributed by atoms with Crippen molar-refractivity contribution in [2.75, 3.05) is 6.54 Å². The summed E-state index contributed by atoms with van der Waals surface area (Å²) in [5, 5.41) is 6.20. The smallest absolute Gasteiger partial charge is 0.271 e. The van der Waals surface area contributed by atoms with Crippen LogP contribution < -0.4 is 11.1 Å². The van der Waals surface area contributed by atoms with Gasteiger partial charge in [-0.2, -0.15) is 0 Å². The summed E-state index contributed by atoms with van der Waals surface area (Å²) < 4.78 is 0. The summed E-state index contributed by atoms with van der Waals surface area (Å²) in [6.45, 7) is 4.07. The number of aromatic nitrogens is 1. The summed E-state index contributed by atoms with van der Waals surface area (Å²) in [5.74, 6) is -0.243. The van der Waals surface area contributed by atoms with Gasteiger partial charge in [0.05, 0.1) is 10.0 Å². The first-order valence-corrected chi connectivity index (χ1v) is 7.89. The second-order valence-corrected chi connectivity index (χ2v) is 6.88. The van der Waals surface area contributed by atoms with Crippen LogP contribution in [0.2, 0.25) is 10.0 Å². The molecule has 0 unspecified atom stereocenters. The van der Waals surface area contributed by atoms with Gasteiger partial charge in [-0.3, -0.25) is 4.79 Å². The Labute approximate surface area is 137 Å². The summed E-state index contributed by atoms with van der Waals surface area (Å²) in [6, 6.07) is 5.25. The molecule has 1 amide bonds. The standard InChI is InChI=1S/C14H15Cl2N3OS/c1-14(2,7-17)19-12(20)11-6-21-13(18-11)8-3-4-9(15)10(16)5-8/h3-6H,7,17H2,1-2H3,(H,19,20). The van der Waals surface area contributed by atoms with Crippen molar-refractivity contribution in [2.24, 2.45) is 5.73 Å². The Bertz CT molecular complexity index is 670. The highest BCUT2D eigenvalue weighted by Gasteiger charge is 2.21. The number of carbonyl (C=O) groups excluding carboxylic acids is 1. The molecule has 21 heavy (non-hydrogen) atoms. The van der Waals surface area contributed by atoms with Gasteiger partial charge in [0.1, 0.15) is 10.7 Å². The Morgan fingerprint density at radius 3 is 2.71 bits per heavy atom. The van der Waals surface area contributed by atoms with Crippen LogP contribution in [0.3, 0.4) is 0 Å². The van der Waals surface area contributed by atoms with Crippen molar-refractivity contribution in [1.29, 1.82) is 0 Å². The van der Waals surface area contributed by atoms with Gasteiger partial charge in [0.2, 0.25) is 0 Å². The van der Waals surface area contributed by atoms with Gasteiger partial charge in [0.25, 0.3) is 5.91 Å². The maximum atomic E-state index is 12.1. The highest BCUT2D eigenvalue weighted by Crippen LogP contribution is 2.30. The van der Waals surface area contributed by atoms with E-state index >= 15 is 0 Å². The number of nitrogens with two attached hydrogens (primary N) is 1. The van der Waals surface area contributed by atoms with Gasteiger partial charge in [0.15, 0.2) is 0 Å². The third kappa shape index (κ3) is 3.95. The number of hydrogen-bond acceptors (Lipinski definition) is 4. The number of amides is 1. The molecule has 112 valence electrons. The van der Waals surface area contributed by atoms with Crippen molar-refractivity contribution in [2.45, 2.75) is 19.4 Å². The maximum absolute atomic E-state index is 12.1. The number of thiazole rings is 1. The highest BCUT2D eigenvalue weighted by atomic mass is 35.5. The van der Waals surface area contributed by atoms with Gasteiger partial charge < -0.3 is 11.1 Å². The molecule has 3 N–H and O–H groups in total. The third-order valence-corrected chi connectivity index (χ3v) is 4.50. The van der Waals surface area contributed by atoms with Crippen molar-refractivity contribution in [1.82, 2.24) is 10.3 Å². The first-order chi connectivity index (χ1) is 9.82. The lowest BCUT2D eigenvalue weighted by atomic mass is 10.1. The summed E-state index contributed by atoms with van der Waals surface area (Å²) in [6.07, 6.45) is 0. The summed E-state index contributed by atoms with van der Waals surface area (Å²) >= 11 is 13.3. The first-order valence-electron chi connectivity index (χ1n) is 6.26. The molecule has 0 saturated heterocycles. The molecule has 4 nitrogen and oxygen atoms in total. The SMILES string of the molecule is CC(C)(CN)NC(=O)c1csc(-c2ccc(Cl)c(Cl)c2)n1. The molecule has 1 aromatic heterocycles. The number of carbonyl (C=O) groups is 1. The molecule has 0 spiro atoms. The van der Waals surface area contributed by atoms with Crippen LogP contribution in [0.25, 0.3) is 10.6 Å². The molecule has 0 fully saturated rings. The van der Waals surface area contributed by atoms with Crippen LogP contribution in [0, 0.1) is 0 Å². The van der Waals surface area contributed by atoms with E-state index in [1.807, 2.05) is 19.9 Å². The fourth-order valence-corrected chi connectivity index (χ4v) is 2.66. The van der Waals surface area contributed by atoms with Crippen LogP contribution >= 0.6 is 34.5 Å². The molecule has 0 aliphatic rings. The topological polar surface area (TPSA) is 68.0 Å². The Balaban J connectivity index is 2.21. The molecule has 0 radical (unpaired) electrons. The number of nitrogens with one attached hydrogen (secondary N) is 1. The van der Waals surface area contributed by atoms with Crippen molar-refractivity contribution in [3.8, 4) is 10.6 Å². The summed E-state index contributed by atoms with van der Waals surface area (Å²) in [4.78, 5) is 16.4. The van der Waals surface area contributed by atoms with Crippen LogP contribution in [0.4, 0.5) is 0 Å². The van der Waals surface area contributed by atoms with Gasteiger partial charge >= 0.3 is 0 Å². The Hall–Kier alpha value is -1.14. The van der Waals surface area contributed by atoms with E-state index in [-0.39, 0.29) is 5.91 Å². The second kappa shape index (κ2) is 6.32. The minimum atomic E-state index is -0.468. The van der Waals surface area contributed by atoms with Crippen LogP contribution in [0.1, 0.15) is 24.3 Å². The quantitative estimate of drug-likeness (QED) is 0.891. The normalized spacial score (nSPS) is 11.5. The summed E-state index contributed by atoms with van der Waals surface area (Å²) in [7, 11) is 0. The van der Waals surface area contributed by atoms with E-state index in [9.17, 15) is 4.79 Å².